The molecule has 1 aliphatic rings. The van der Waals surface area contributed by atoms with Gasteiger partial charge in [0.05, 0.1) is 0 Å². The summed E-state index contributed by atoms with van der Waals surface area (Å²) in [7, 11) is 0. The maximum Gasteiger partial charge on any atom is 0.314 e. The van der Waals surface area contributed by atoms with Crippen molar-refractivity contribution in [3.05, 3.63) is 29.8 Å². The number of benzene rings is 1. The molecular weight excluding hydrogens is 192 g/mol. The quantitative estimate of drug-likeness (QED) is 0.641. The van der Waals surface area contributed by atoms with Gasteiger partial charge in [0.1, 0.15) is 5.75 Å². The summed E-state index contributed by atoms with van der Waals surface area (Å²) in [4.78, 5) is 11.0. The average molecular weight is 206 g/mol. The van der Waals surface area contributed by atoms with Gasteiger partial charge in [-0.2, -0.15) is 0 Å². The van der Waals surface area contributed by atoms with Crippen molar-refractivity contribution in [3.8, 4) is 5.75 Å². The van der Waals surface area contributed by atoms with Crippen molar-refractivity contribution in [2.24, 2.45) is 0 Å². The number of hydrogen-bond donors (Lipinski definition) is 3. The largest absolute Gasteiger partial charge is 0.508 e. The maximum absolute atomic E-state index is 11.0. The van der Waals surface area contributed by atoms with Gasteiger partial charge in [-0.1, -0.05) is 25.1 Å². The van der Waals surface area contributed by atoms with Gasteiger partial charge in [-0.15, -0.1) is 0 Å². The van der Waals surface area contributed by atoms with Gasteiger partial charge in [0.25, 0.3) is 0 Å². The van der Waals surface area contributed by atoms with Gasteiger partial charge in [-0.3, -0.25) is 0 Å². The second-order valence-corrected chi connectivity index (χ2v) is 4.11. The van der Waals surface area contributed by atoms with Crippen LogP contribution in [0.1, 0.15) is 12.5 Å². The van der Waals surface area contributed by atoms with Gasteiger partial charge in [-0.05, 0) is 6.07 Å². The highest BCUT2D eigenvalue weighted by Crippen LogP contribution is 2.30. The van der Waals surface area contributed by atoms with Gasteiger partial charge >= 0.3 is 6.03 Å². The molecule has 0 spiro atoms. The molecule has 2 amide bonds. The van der Waals surface area contributed by atoms with Gasteiger partial charge in [-0.25, -0.2) is 4.79 Å². The van der Waals surface area contributed by atoms with Crippen molar-refractivity contribution in [1.29, 1.82) is 0 Å². The topological polar surface area (TPSA) is 61.4 Å². The van der Waals surface area contributed by atoms with Crippen LogP contribution in [0.5, 0.6) is 5.75 Å². The first-order chi connectivity index (χ1) is 7.12. The molecule has 1 heterocycles. The lowest BCUT2D eigenvalue weighted by atomic mass is 9.81. The Bertz CT molecular complexity index is 380. The molecule has 15 heavy (non-hydrogen) atoms. The van der Waals surface area contributed by atoms with Crippen molar-refractivity contribution in [3.63, 3.8) is 0 Å². The number of phenolic OH excluding ortho intramolecular Hbond substituents is 1. The molecule has 1 aromatic carbocycles. The van der Waals surface area contributed by atoms with Gasteiger partial charge < -0.3 is 15.7 Å². The predicted molar refractivity (Wildman–Crippen MR) is 56.9 cm³/mol. The lowest BCUT2D eigenvalue weighted by Gasteiger charge is -2.35. The zero-order valence-corrected chi connectivity index (χ0v) is 8.58. The molecule has 0 unspecified atom stereocenters. The Morgan fingerprint density at radius 3 is 2.47 bits per heavy atom. The molecule has 1 fully saturated rings. The number of nitrogens with one attached hydrogen (secondary N) is 2. The SMILES string of the molecule is CC1(c2ccccc2O)CNC(=O)NC1. The zero-order chi connectivity index (χ0) is 10.9. The summed E-state index contributed by atoms with van der Waals surface area (Å²) in [5, 5.41) is 15.2. The molecule has 1 aliphatic heterocycles. The van der Waals surface area contributed by atoms with E-state index in [-0.39, 0.29) is 17.2 Å². The number of phenols is 1. The van der Waals surface area contributed by atoms with Crippen LogP contribution in [0.4, 0.5) is 4.79 Å². The van der Waals surface area contributed by atoms with E-state index in [1.807, 2.05) is 19.1 Å². The molecule has 0 radical (unpaired) electrons. The number of carbonyl (C=O) groups excluding carboxylic acids is 1. The Morgan fingerprint density at radius 2 is 1.87 bits per heavy atom. The van der Waals surface area contributed by atoms with Crippen LogP contribution in [0, 0.1) is 0 Å². The van der Waals surface area contributed by atoms with Crippen LogP contribution in [-0.2, 0) is 5.41 Å². The third-order valence-corrected chi connectivity index (χ3v) is 2.83. The van der Waals surface area contributed by atoms with E-state index in [0.717, 1.165) is 5.56 Å². The Hall–Kier alpha value is -1.71. The highest BCUT2D eigenvalue weighted by Gasteiger charge is 2.33. The number of rotatable bonds is 1. The summed E-state index contributed by atoms with van der Waals surface area (Å²) in [6.45, 7) is 3.08. The van der Waals surface area contributed by atoms with E-state index in [1.165, 1.54) is 0 Å². The first kappa shape index (κ1) is 9.83. The predicted octanol–water partition coefficient (Wildman–Crippen LogP) is 0.963. The molecule has 80 valence electrons. The minimum absolute atomic E-state index is 0.150. The molecule has 0 aliphatic carbocycles. The highest BCUT2D eigenvalue weighted by atomic mass is 16.3. The summed E-state index contributed by atoms with van der Waals surface area (Å²) in [5.74, 6) is 0.276. The Kier molecular flexibility index (Phi) is 2.26. The highest BCUT2D eigenvalue weighted by molar-refractivity contribution is 5.75. The van der Waals surface area contributed by atoms with Crippen molar-refractivity contribution in [2.75, 3.05) is 13.1 Å². The third kappa shape index (κ3) is 1.75. The standard InChI is InChI=1S/C11H14N2O2/c1-11(6-12-10(15)13-7-11)8-4-2-3-5-9(8)14/h2-5,14H,6-7H2,1H3,(H2,12,13,15). The minimum Gasteiger partial charge on any atom is -0.508 e. The van der Waals surface area contributed by atoms with Crippen molar-refractivity contribution in [1.82, 2.24) is 10.6 Å². The molecule has 1 aromatic rings. The third-order valence-electron chi connectivity index (χ3n) is 2.83. The number of amides is 2. The Balaban J connectivity index is 2.30. The zero-order valence-electron chi connectivity index (χ0n) is 8.58. The number of urea groups is 1. The van der Waals surface area contributed by atoms with Crippen LogP contribution in [0.3, 0.4) is 0 Å². The van der Waals surface area contributed by atoms with Crippen LogP contribution < -0.4 is 10.6 Å². The molecule has 0 aromatic heterocycles. The second-order valence-electron chi connectivity index (χ2n) is 4.11. The van der Waals surface area contributed by atoms with E-state index >= 15 is 0 Å². The van der Waals surface area contributed by atoms with E-state index in [0.29, 0.717) is 13.1 Å². The first-order valence-electron chi connectivity index (χ1n) is 4.92. The molecule has 1 saturated heterocycles. The number of hydrogen-bond acceptors (Lipinski definition) is 2. The summed E-state index contributed by atoms with van der Waals surface area (Å²) in [5.41, 5.74) is 0.608. The van der Waals surface area contributed by atoms with Crippen LogP contribution in [-0.4, -0.2) is 24.2 Å². The summed E-state index contributed by atoms with van der Waals surface area (Å²) < 4.78 is 0. The van der Waals surface area contributed by atoms with Crippen LogP contribution >= 0.6 is 0 Å². The van der Waals surface area contributed by atoms with Gasteiger partial charge in [0.2, 0.25) is 0 Å². The Morgan fingerprint density at radius 1 is 1.27 bits per heavy atom. The molecule has 4 heteroatoms. The minimum atomic E-state index is -0.251. The van der Waals surface area contributed by atoms with E-state index in [4.69, 9.17) is 0 Å². The fraction of sp³-hybridized carbons (Fsp3) is 0.364. The second kappa shape index (κ2) is 3.46. The lowest BCUT2D eigenvalue weighted by Crippen LogP contribution is -2.55. The summed E-state index contributed by atoms with van der Waals surface area (Å²) in [6.07, 6.45) is 0. The normalized spacial score (nSPS) is 19.1. The van der Waals surface area contributed by atoms with E-state index < -0.39 is 0 Å². The van der Waals surface area contributed by atoms with E-state index in [2.05, 4.69) is 10.6 Å². The van der Waals surface area contributed by atoms with Gasteiger partial charge in [0.15, 0.2) is 0 Å². The fourth-order valence-electron chi connectivity index (χ4n) is 1.85. The lowest BCUT2D eigenvalue weighted by molar-refractivity contribution is 0.224. The van der Waals surface area contributed by atoms with Crippen LogP contribution in [0.15, 0.2) is 24.3 Å². The average Bonchev–Trinajstić information content (AvgIpc) is 2.23. The van der Waals surface area contributed by atoms with Gasteiger partial charge in [0, 0.05) is 24.1 Å². The molecule has 4 nitrogen and oxygen atoms in total. The van der Waals surface area contributed by atoms with Crippen molar-refractivity contribution >= 4 is 6.03 Å². The van der Waals surface area contributed by atoms with Crippen molar-refractivity contribution < 1.29 is 9.90 Å². The molecule has 3 N–H and O–H groups in total. The number of para-hydroxylation sites is 1. The molecule has 2 rings (SSSR count). The molecule has 0 atom stereocenters. The molecule has 0 bridgehead atoms. The number of aromatic hydroxyl groups is 1. The summed E-state index contributed by atoms with van der Waals surface area (Å²) in [6, 6.07) is 7.07. The molecular formula is C11H14N2O2. The van der Waals surface area contributed by atoms with E-state index in [9.17, 15) is 9.90 Å². The summed E-state index contributed by atoms with van der Waals surface area (Å²) >= 11 is 0. The first-order valence-corrected chi connectivity index (χ1v) is 4.92. The maximum atomic E-state index is 11.0. The number of carbonyl (C=O) groups is 1. The monoisotopic (exact) mass is 206 g/mol. The molecule has 0 saturated carbocycles. The van der Waals surface area contributed by atoms with Crippen LogP contribution in [0.25, 0.3) is 0 Å². The smallest absolute Gasteiger partial charge is 0.314 e. The van der Waals surface area contributed by atoms with E-state index in [1.54, 1.807) is 12.1 Å². The van der Waals surface area contributed by atoms with Crippen molar-refractivity contribution in [2.45, 2.75) is 12.3 Å². The van der Waals surface area contributed by atoms with Crippen LogP contribution in [0.2, 0.25) is 0 Å². The fourth-order valence-corrected chi connectivity index (χ4v) is 1.85. The Labute approximate surface area is 88.3 Å².